The van der Waals surface area contributed by atoms with Crippen molar-refractivity contribution >= 4 is 11.6 Å². The van der Waals surface area contributed by atoms with E-state index in [0.717, 1.165) is 39.2 Å². The summed E-state index contributed by atoms with van der Waals surface area (Å²) in [5, 5.41) is 7.57. The monoisotopic (exact) mass is 370 g/mol. The fraction of sp³-hybridized carbons (Fsp3) is 0.105. The van der Waals surface area contributed by atoms with Crippen molar-refractivity contribution in [3.8, 4) is 11.1 Å². The van der Waals surface area contributed by atoms with Crippen LogP contribution in [0, 0.1) is 0 Å². The SMILES string of the molecule is O=C(Cn1ccc(C(F)(F)F)n1)NN=C1c2ccccc2-c2ccccc21. The first-order chi connectivity index (χ1) is 12.9. The fourth-order valence-corrected chi connectivity index (χ4v) is 3.02. The molecule has 8 heteroatoms. The highest BCUT2D eigenvalue weighted by atomic mass is 19.4. The largest absolute Gasteiger partial charge is 0.435 e. The minimum absolute atomic E-state index is 0.365. The van der Waals surface area contributed by atoms with Gasteiger partial charge in [-0.3, -0.25) is 9.48 Å². The Kier molecular flexibility index (Phi) is 4.02. The second-order valence-corrected chi connectivity index (χ2v) is 5.98. The van der Waals surface area contributed by atoms with Gasteiger partial charge in [-0.25, -0.2) is 5.43 Å². The molecule has 0 atom stereocenters. The molecule has 4 rings (SSSR count). The van der Waals surface area contributed by atoms with Gasteiger partial charge < -0.3 is 0 Å². The molecule has 3 aromatic rings. The summed E-state index contributed by atoms with van der Waals surface area (Å²) in [6, 6.07) is 16.2. The molecule has 136 valence electrons. The van der Waals surface area contributed by atoms with Crippen molar-refractivity contribution < 1.29 is 18.0 Å². The van der Waals surface area contributed by atoms with E-state index in [1.165, 1.54) is 0 Å². The second kappa shape index (κ2) is 6.39. The van der Waals surface area contributed by atoms with Gasteiger partial charge in [-0.2, -0.15) is 23.4 Å². The van der Waals surface area contributed by atoms with Crippen LogP contribution in [-0.2, 0) is 17.5 Å². The molecule has 1 amide bonds. The number of amides is 1. The number of hydrogen-bond acceptors (Lipinski definition) is 3. The average Bonchev–Trinajstić information content (AvgIpc) is 3.23. The third kappa shape index (κ3) is 3.21. The molecule has 0 aliphatic heterocycles. The highest BCUT2D eigenvalue weighted by Gasteiger charge is 2.33. The zero-order valence-electron chi connectivity index (χ0n) is 13.9. The van der Waals surface area contributed by atoms with Gasteiger partial charge in [-0.1, -0.05) is 48.5 Å². The Bertz CT molecular complexity index is 1010. The second-order valence-electron chi connectivity index (χ2n) is 5.98. The zero-order valence-corrected chi connectivity index (χ0v) is 13.9. The molecule has 0 unspecified atom stereocenters. The highest BCUT2D eigenvalue weighted by Crippen LogP contribution is 2.36. The van der Waals surface area contributed by atoms with Crippen molar-refractivity contribution in [2.24, 2.45) is 5.10 Å². The van der Waals surface area contributed by atoms with Gasteiger partial charge in [0.2, 0.25) is 0 Å². The van der Waals surface area contributed by atoms with Gasteiger partial charge in [-0.15, -0.1) is 0 Å². The van der Waals surface area contributed by atoms with E-state index in [1.807, 2.05) is 48.5 Å². The predicted octanol–water partition coefficient (Wildman–Crippen LogP) is 3.45. The van der Waals surface area contributed by atoms with Crippen LogP contribution in [0.3, 0.4) is 0 Å². The van der Waals surface area contributed by atoms with Crippen LogP contribution in [0.25, 0.3) is 11.1 Å². The van der Waals surface area contributed by atoms with E-state index < -0.39 is 17.8 Å². The molecule has 0 bridgehead atoms. The van der Waals surface area contributed by atoms with Gasteiger partial charge in [0.25, 0.3) is 5.91 Å². The Balaban J connectivity index is 1.54. The third-order valence-corrected chi connectivity index (χ3v) is 4.18. The van der Waals surface area contributed by atoms with E-state index in [0.29, 0.717) is 5.71 Å². The fourth-order valence-electron chi connectivity index (χ4n) is 3.02. The van der Waals surface area contributed by atoms with Crippen LogP contribution in [-0.4, -0.2) is 21.4 Å². The molecular formula is C19H13F3N4O. The number of nitrogens with zero attached hydrogens (tertiary/aromatic N) is 3. The third-order valence-electron chi connectivity index (χ3n) is 4.18. The van der Waals surface area contributed by atoms with Crippen LogP contribution in [0.15, 0.2) is 65.9 Å². The topological polar surface area (TPSA) is 59.3 Å². The lowest BCUT2D eigenvalue weighted by Gasteiger charge is -2.04. The highest BCUT2D eigenvalue weighted by molar-refractivity contribution is 6.24. The normalized spacial score (nSPS) is 12.5. The Morgan fingerprint density at radius 3 is 2.04 bits per heavy atom. The van der Waals surface area contributed by atoms with Gasteiger partial charge in [-0.05, 0) is 17.2 Å². The molecule has 5 nitrogen and oxygen atoms in total. The van der Waals surface area contributed by atoms with Crippen molar-refractivity contribution in [1.29, 1.82) is 0 Å². The molecule has 1 heterocycles. The van der Waals surface area contributed by atoms with E-state index in [4.69, 9.17) is 0 Å². The quantitative estimate of drug-likeness (QED) is 0.562. The smallest absolute Gasteiger partial charge is 0.271 e. The first-order valence-electron chi connectivity index (χ1n) is 8.10. The van der Waals surface area contributed by atoms with Crippen LogP contribution in [0.2, 0.25) is 0 Å². The molecule has 1 aliphatic carbocycles. The molecule has 1 N–H and O–H groups in total. The zero-order chi connectivity index (χ0) is 19.0. The first kappa shape index (κ1) is 17.0. The Hall–Kier alpha value is -3.42. The predicted molar refractivity (Wildman–Crippen MR) is 92.9 cm³/mol. The number of carbonyl (C=O) groups is 1. The number of alkyl halides is 3. The number of hydrogen-bond donors (Lipinski definition) is 1. The molecule has 0 fully saturated rings. The van der Waals surface area contributed by atoms with Gasteiger partial charge in [0, 0.05) is 17.3 Å². The standard InChI is InChI=1S/C19H13F3N4O/c20-19(21,22)16-9-10-26(25-16)11-17(27)23-24-18-14-7-3-1-5-12(14)13-6-2-4-8-15(13)18/h1-10H,11H2,(H,23,27). The minimum Gasteiger partial charge on any atom is -0.271 e. The molecule has 0 radical (unpaired) electrons. The van der Waals surface area contributed by atoms with Gasteiger partial charge in [0.05, 0.1) is 5.71 Å². The summed E-state index contributed by atoms with van der Waals surface area (Å²) < 4.78 is 38.6. The van der Waals surface area contributed by atoms with E-state index in [1.54, 1.807) is 0 Å². The van der Waals surface area contributed by atoms with Crippen molar-refractivity contribution in [3.05, 3.63) is 77.6 Å². The first-order valence-corrected chi connectivity index (χ1v) is 8.10. The summed E-state index contributed by atoms with van der Waals surface area (Å²) in [4.78, 5) is 12.1. The molecule has 2 aromatic carbocycles. The van der Waals surface area contributed by atoms with Crippen LogP contribution in [0.5, 0.6) is 0 Å². The summed E-state index contributed by atoms with van der Waals surface area (Å²) in [5.41, 5.74) is 5.79. The average molecular weight is 370 g/mol. The van der Waals surface area contributed by atoms with E-state index in [9.17, 15) is 18.0 Å². The van der Waals surface area contributed by atoms with Crippen molar-refractivity contribution in [1.82, 2.24) is 15.2 Å². The lowest BCUT2D eigenvalue weighted by Crippen LogP contribution is -2.25. The molecule has 0 saturated carbocycles. The number of nitrogens with one attached hydrogen (secondary N) is 1. The summed E-state index contributed by atoms with van der Waals surface area (Å²) in [7, 11) is 0. The van der Waals surface area contributed by atoms with Crippen LogP contribution < -0.4 is 5.43 Å². The number of rotatable bonds is 3. The van der Waals surface area contributed by atoms with Crippen molar-refractivity contribution in [3.63, 3.8) is 0 Å². The van der Waals surface area contributed by atoms with Crippen LogP contribution in [0.4, 0.5) is 13.2 Å². The van der Waals surface area contributed by atoms with E-state index >= 15 is 0 Å². The molecule has 0 saturated heterocycles. The van der Waals surface area contributed by atoms with Crippen LogP contribution >= 0.6 is 0 Å². The number of fused-ring (bicyclic) bond motifs is 3. The lowest BCUT2D eigenvalue weighted by molar-refractivity contribution is -0.141. The molecule has 27 heavy (non-hydrogen) atoms. The summed E-state index contributed by atoms with van der Waals surface area (Å²) >= 11 is 0. The number of halogens is 3. The Morgan fingerprint density at radius 1 is 0.963 bits per heavy atom. The maximum absolute atomic E-state index is 12.6. The maximum atomic E-state index is 12.6. The van der Waals surface area contributed by atoms with Crippen molar-refractivity contribution in [2.45, 2.75) is 12.7 Å². The van der Waals surface area contributed by atoms with Gasteiger partial charge in [0.15, 0.2) is 5.69 Å². The minimum atomic E-state index is -4.54. The summed E-state index contributed by atoms with van der Waals surface area (Å²) in [6.45, 7) is -0.365. The number of aromatic nitrogens is 2. The molecule has 1 aromatic heterocycles. The Labute approximate surface area is 152 Å². The summed E-state index contributed by atoms with van der Waals surface area (Å²) in [6.07, 6.45) is -3.44. The Morgan fingerprint density at radius 2 is 1.52 bits per heavy atom. The molecular weight excluding hydrogens is 357 g/mol. The van der Waals surface area contributed by atoms with Crippen molar-refractivity contribution in [2.75, 3.05) is 0 Å². The molecule has 0 spiro atoms. The van der Waals surface area contributed by atoms with Crippen LogP contribution in [0.1, 0.15) is 16.8 Å². The maximum Gasteiger partial charge on any atom is 0.435 e. The van der Waals surface area contributed by atoms with E-state index in [2.05, 4.69) is 15.6 Å². The van der Waals surface area contributed by atoms with E-state index in [-0.39, 0.29) is 6.54 Å². The number of benzene rings is 2. The lowest BCUT2D eigenvalue weighted by atomic mass is 10.1. The van der Waals surface area contributed by atoms with Gasteiger partial charge >= 0.3 is 6.18 Å². The number of hydrazone groups is 1. The summed E-state index contributed by atoms with van der Waals surface area (Å²) in [5.74, 6) is -0.568. The van der Waals surface area contributed by atoms with Gasteiger partial charge in [0.1, 0.15) is 6.54 Å². The number of carbonyl (C=O) groups excluding carboxylic acids is 1. The molecule has 1 aliphatic rings.